The van der Waals surface area contributed by atoms with Gasteiger partial charge in [-0.2, -0.15) is 5.26 Å². The highest BCUT2D eigenvalue weighted by atomic mass is 16.2. The van der Waals surface area contributed by atoms with Crippen LogP contribution in [0, 0.1) is 11.3 Å². The fourth-order valence-electron chi connectivity index (χ4n) is 1.29. The van der Waals surface area contributed by atoms with E-state index in [-0.39, 0.29) is 5.91 Å². The van der Waals surface area contributed by atoms with Gasteiger partial charge in [-0.15, -0.1) is 0 Å². The molecule has 4 nitrogen and oxygen atoms in total. The second-order valence-electron chi connectivity index (χ2n) is 3.64. The molecule has 1 rings (SSSR count). The Morgan fingerprint density at radius 3 is 2.62 bits per heavy atom. The number of nitrogens with two attached hydrogens (primary N) is 1. The third kappa shape index (κ3) is 3.62. The Balaban J connectivity index is 2.51. The molecule has 0 aromatic heterocycles. The van der Waals surface area contributed by atoms with Gasteiger partial charge in [-0.05, 0) is 17.7 Å². The molecule has 1 aromatic carbocycles. The van der Waals surface area contributed by atoms with E-state index in [1.165, 1.54) is 0 Å². The van der Waals surface area contributed by atoms with Gasteiger partial charge >= 0.3 is 0 Å². The number of nitrogen functional groups attached to an aromatic ring is 1. The van der Waals surface area contributed by atoms with Gasteiger partial charge in [0.05, 0.1) is 18.9 Å². The predicted octanol–water partition coefficient (Wildman–Crippen LogP) is 1.18. The zero-order valence-electron chi connectivity index (χ0n) is 9.31. The molecule has 0 fully saturated rings. The number of hydrogen-bond donors (Lipinski definition) is 1. The van der Waals surface area contributed by atoms with E-state index in [2.05, 4.69) is 0 Å². The average molecular weight is 217 g/mol. The molecule has 2 N–H and O–H groups in total. The molecule has 4 heteroatoms. The maximum absolute atomic E-state index is 11.7. The first-order chi connectivity index (χ1) is 7.63. The summed E-state index contributed by atoms with van der Waals surface area (Å²) >= 11 is 0. The molecule has 0 heterocycles. The Labute approximate surface area is 95.3 Å². The monoisotopic (exact) mass is 217 g/mol. The van der Waals surface area contributed by atoms with Crippen LogP contribution in [0.1, 0.15) is 12.0 Å². The van der Waals surface area contributed by atoms with E-state index in [9.17, 15) is 4.79 Å². The van der Waals surface area contributed by atoms with Crippen LogP contribution < -0.4 is 5.73 Å². The third-order valence-electron chi connectivity index (χ3n) is 2.32. The number of rotatable bonds is 4. The zero-order valence-corrected chi connectivity index (χ0v) is 9.31. The third-order valence-corrected chi connectivity index (χ3v) is 2.32. The number of carbonyl (C=O) groups is 1. The van der Waals surface area contributed by atoms with Crippen LogP contribution in [0.25, 0.3) is 0 Å². The molecule has 0 saturated carbocycles. The molecule has 0 unspecified atom stereocenters. The van der Waals surface area contributed by atoms with Crippen molar-refractivity contribution in [3.63, 3.8) is 0 Å². The molecule has 0 aliphatic carbocycles. The maximum Gasteiger partial charge on any atom is 0.226 e. The molecule has 1 aromatic rings. The second kappa shape index (κ2) is 5.76. The second-order valence-corrected chi connectivity index (χ2v) is 3.64. The number of carbonyl (C=O) groups excluding carboxylic acids is 1. The lowest BCUT2D eigenvalue weighted by molar-refractivity contribution is -0.129. The van der Waals surface area contributed by atoms with Gasteiger partial charge in [-0.3, -0.25) is 4.79 Å². The summed E-state index contributed by atoms with van der Waals surface area (Å²) < 4.78 is 0. The summed E-state index contributed by atoms with van der Waals surface area (Å²) in [6, 6.07) is 9.24. The number of nitrogens with zero attached hydrogens (tertiary/aromatic N) is 2. The minimum absolute atomic E-state index is 0.0139. The lowest BCUT2D eigenvalue weighted by atomic mass is 10.1. The van der Waals surface area contributed by atoms with E-state index in [0.717, 1.165) is 5.56 Å². The number of anilines is 1. The first-order valence-electron chi connectivity index (χ1n) is 5.09. The molecule has 0 radical (unpaired) electrons. The molecule has 0 spiro atoms. The van der Waals surface area contributed by atoms with Crippen molar-refractivity contribution in [1.29, 1.82) is 5.26 Å². The molecule has 0 bridgehead atoms. The van der Waals surface area contributed by atoms with Gasteiger partial charge < -0.3 is 10.6 Å². The van der Waals surface area contributed by atoms with Gasteiger partial charge in [0.1, 0.15) is 0 Å². The summed E-state index contributed by atoms with van der Waals surface area (Å²) in [5.74, 6) is 0.0139. The summed E-state index contributed by atoms with van der Waals surface area (Å²) in [7, 11) is 1.71. The van der Waals surface area contributed by atoms with Crippen LogP contribution >= 0.6 is 0 Å². The highest BCUT2D eigenvalue weighted by molar-refractivity contribution is 5.78. The molecular weight excluding hydrogens is 202 g/mol. The number of benzene rings is 1. The van der Waals surface area contributed by atoms with Crippen LogP contribution in [0.15, 0.2) is 24.3 Å². The largest absolute Gasteiger partial charge is 0.399 e. The minimum Gasteiger partial charge on any atom is -0.399 e. The lowest BCUT2D eigenvalue weighted by Crippen LogP contribution is -2.28. The predicted molar refractivity (Wildman–Crippen MR) is 62.4 cm³/mol. The standard InChI is InChI=1S/C12H15N3O/c1-15(8-2-7-13)12(16)9-10-3-5-11(14)6-4-10/h3-6H,2,8-9,14H2,1H3. The Bertz CT molecular complexity index is 392. The van der Waals surface area contributed by atoms with Gasteiger partial charge in [0.15, 0.2) is 0 Å². The van der Waals surface area contributed by atoms with Gasteiger partial charge in [0.2, 0.25) is 5.91 Å². The molecular formula is C12H15N3O. The summed E-state index contributed by atoms with van der Waals surface area (Å²) in [5.41, 5.74) is 7.17. The normalized spacial score (nSPS) is 9.50. The van der Waals surface area contributed by atoms with Crippen LogP contribution in [-0.2, 0) is 11.2 Å². The zero-order chi connectivity index (χ0) is 12.0. The fourth-order valence-corrected chi connectivity index (χ4v) is 1.29. The van der Waals surface area contributed by atoms with E-state index in [4.69, 9.17) is 11.0 Å². The Kier molecular flexibility index (Phi) is 4.34. The molecule has 0 atom stereocenters. The van der Waals surface area contributed by atoms with Crippen molar-refractivity contribution in [2.75, 3.05) is 19.3 Å². The van der Waals surface area contributed by atoms with Crippen molar-refractivity contribution < 1.29 is 4.79 Å². The van der Waals surface area contributed by atoms with Crippen molar-refractivity contribution in [2.45, 2.75) is 12.8 Å². The Hall–Kier alpha value is -2.02. The average Bonchev–Trinajstić information content (AvgIpc) is 2.29. The van der Waals surface area contributed by atoms with E-state index in [0.29, 0.717) is 25.1 Å². The first kappa shape index (κ1) is 12.1. The summed E-state index contributed by atoms with van der Waals surface area (Å²) in [6.45, 7) is 0.476. The molecule has 0 aliphatic heterocycles. The summed E-state index contributed by atoms with van der Waals surface area (Å²) in [4.78, 5) is 13.3. The van der Waals surface area contributed by atoms with Gasteiger partial charge in [-0.25, -0.2) is 0 Å². The molecule has 84 valence electrons. The van der Waals surface area contributed by atoms with Crippen molar-refractivity contribution >= 4 is 11.6 Å². The highest BCUT2D eigenvalue weighted by Gasteiger charge is 2.08. The smallest absolute Gasteiger partial charge is 0.226 e. The van der Waals surface area contributed by atoms with Crippen LogP contribution in [0.3, 0.4) is 0 Å². The minimum atomic E-state index is 0.0139. The number of hydrogen-bond acceptors (Lipinski definition) is 3. The maximum atomic E-state index is 11.7. The van der Waals surface area contributed by atoms with E-state index in [1.54, 1.807) is 24.1 Å². The SMILES string of the molecule is CN(CCC#N)C(=O)Cc1ccc(N)cc1. The molecule has 0 aliphatic rings. The summed E-state index contributed by atoms with van der Waals surface area (Å²) in [5, 5.41) is 8.42. The number of nitriles is 1. The fraction of sp³-hybridized carbons (Fsp3) is 0.333. The molecule has 0 saturated heterocycles. The van der Waals surface area contributed by atoms with Crippen LogP contribution in [0.4, 0.5) is 5.69 Å². The highest BCUT2D eigenvalue weighted by Crippen LogP contribution is 2.07. The number of likely N-dealkylation sites (N-methyl/N-ethyl adjacent to an activating group) is 1. The van der Waals surface area contributed by atoms with Crippen LogP contribution in [-0.4, -0.2) is 24.4 Å². The van der Waals surface area contributed by atoms with Crippen molar-refractivity contribution in [3.05, 3.63) is 29.8 Å². The van der Waals surface area contributed by atoms with Gasteiger partial charge in [0.25, 0.3) is 0 Å². The van der Waals surface area contributed by atoms with Crippen molar-refractivity contribution in [1.82, 2.24) is 4.90 Å². The van der Waals surface area contributed by atoms with Gasteiger partial charge in [0, 0.05) is 19.3 Å². The van der Waals surface area contributed by atoms with Crippen LogP contribution in [0.5, 0.6) is 0 Å². The number of amides is 1. The Morgan fingerprint density at radius 1 is 1.44 bits per heavy atom. The van der Waals surface area contributed by atoms with Gasteiger partial charge in [-0.1, -0.05) is 12.1 Å². The van der Waals surface area contributed by atoms with E-state index < -0.39 is 0 Å². The molecule has 1 amide bonds. The lowest BCUT2D eigenvalue weighted by Gasteiger charge is -2.15. The van der Waals surface area contributed by atoms with E-state index >= 15 is 0 Å². The topological polar surface area (TPSA) is 70.1 Å². The van der Waals surface area contributed by atoms with Crippen molar-refractivity contribution in [3.8, 4) is 6.07 Å². The van der Waals surface area contributed by atoms with Crippen molar-refractivity contribution in [2.24, 2.45) is 0 Å². The van der Waals surface area contributed by atoms with Crippen LogP contribution in [0.2, 0.25) is 0 Å². The van der Waals surface area contributed by atoms with E-state index in [1.807, 2.05) is 18.2 Å². The Morgan fingerprint density at radius 2 is 2.06 bits per heavy atom. The first-order valence-corrected chi connectivity index (χ1v) is 5.09. The quantitative estimate of drug-likeness (QED) is 0.770. The summed E-state index contributed by atoms with van der Waals surface area (Å²) in [6.07, 6.45) is 0.714. The molecule has 16 heavy (non-hydrogen) atoms.